The molecule has 0 aliphatic carbocycles. The first-order chi connectivity index (χ1) is 24.8. The van der Waals surface area contributed by atoms with Gasteiger partial charge in [0.2, 0.25) is 0 Å². The minimum absolute atomic E-state index is 0. The van der Waals surface area contributed by atoms with E-state index in [9.17, 15) is 4.39 Å². The summed E-state index contributed by atoms with van der Waals surface area (Å²) in [6, 6.07) is 43.2. The van der Waals surface area contributed by atoms with Crippen LogP contribution in [0.3, 0.4) is 0 Å². The van der Waals surface area contributed by atoms with Gasteiger partial charge in [-0.15, -0.1) is 23.8 Å². The zero-order valence-corrected chi connectivity index (χ0v) is 36.6. The van der Waals surface area contributed by atoms with Crippen molar-refractivity contribution < 1.29 is 24.5 Å². The van der Waals surface area contributed by atoms with Crippen LogP contribution in [0.2, 0.25) is 17.3 Å². The summed E-state index contributed by atoms with van der Waals surface area (Å²) in [6.07, 6.45) is 5.00. The van der Waals surface area contributed by atoms with E-state index in [0.717, 1.165) is 40.1 Å². The molecule has 0 fully saturated rings. The maximum atomic E-state index is 13.7. The molecule has 8 aromatic rings. The van der Waals surface area contributed by atoms with Gasteiger partial charge in [-0.3, -0.25) is 0 Å². The summed E-state index contributed by atoms with van der Waals surface area (Å²) in [5, 5.41) is 4.88. The fourth-order valence-corrected chi connectivity index (χ4v) is 11.6. The number of aryl methyl sites for hydroxylation is 1. The normalized spacial score (nSPS) is 11.7. The van der Waals surface area contributed by atoms with Gasteiger partial charge in [0.1, 0.15) is 5.82 Å². The molecule has 53 heavy (non-hydrogen) atoms. The third kappa shape index (κ3) is 8.87. The smallest absolute Gasteiger partial charge is 0 e. The third-order valence-corrected chi connectivity index (χ3v) is 14.9. The van der Waals surface area contributed by atoms with Crippen molar-refractivity contribution in [2.45, 2.75) is 51.4 Å². The summed E-state index contributed by atoms with van der Waals surface area (Å²) in [4.78, 5) is 9.35. The van der Waals surface area contributed by atoms with Crippen molar-refractivity contribution >= 4 is 59.9 Å². The summed E-state index contributed by atoms with van der Waals surface area (Å²) < 4.78 is 17.5. The molecule has 8 rings (SSSR count). The number of hydrogen-bond acceptors (Lipinski definition) is 3. The van der Waals surface area contributed by atoms with Crippen molar-refractivity contribution in [3.63, 3.8) is 0 Å². The number of nitrogens with zero attached hydrogens (tertiary/aromatic N) is 2. The van der Waals surface area contributed by atoms with Crippen LogP contribution in [0, 0.1) is 30.3 Å². The van der Waals surface area contributed by atoms with Gasteiger partial charge in [-0.1, -0.05) is 62.1 Å². The molecule has 0 spiro atoms. The standard InChI is InChI=1S/C28H23FNS.C19H20GeN.Ir/c1-28(2,3)17-18-11-12-30-25(13-18)21-8-10-26-24(15-21)23-9-7-20(16-27(23)31-26)19-5-4-6-22(29)14-19;1-14-12-19(21-13-18(14)20(2,3)4)17-11-7-9-15-8-5-6-10-16(15)17;/h4-7,9-16H,17H2,1-3H3;5-10,12-13H,1-4H3;/q2*-1;. The molecule has 0 amide bonds. The van der Waals surface area contributed by atoms with E-state index in [1.807, 2.05) is 18.3 Å². The average Bonchev–Trinajstić information content (AvgIpc) is 3.48. The van der Waals surface area contributed by atoms with Gasteiger partial charge < -0.3 is 4.98 Å². The zero-order chi connectivity index (χ0) is 36.6. The number of aromatic nitrogens is 2. The molecule has 0 N–H and O–H groups in total. The van der Waals surface area contributed by atoms with Crippen LogP contribution >= 0.6 is 11.3 Å². The predicted molar refractivity (Wildman–Crippen MR) is 224 cm³/mol. The van der Waals surface area contributed by atoms with Crippen molar-refractivity contribution in [3.05, 3.63) is 151 Å². The molecule has 6 heteroatoms. The maximum absolute atomic E-state index is 13.7. The molecule has 2 nitrogen and oxygen atoms in total. The number of fused-ring (bicyclic) bond motifs is 4. The molecule has 0 aliphatic rings. The molecule has 269 valence electrons. The second-order valence-corrected chi connectivity index (χ2v) is 27.5. The van der Waals surface area contributed by atoms with E-state index in [2.05, 4.69) is 147 Å². The molecule has 0 saturated carbocycles. The minimum atomic E-state index is -1.84. The number of halogens is 1. The topological polar surface area (TPSA) is 25.8 Å². The summed E-state index contributed by atoms with van der Waals surface area (Å²) in [5.41, 5.74) is 8.91. The second-order valence-electron chi connectivity index (χ2n) is 15.8. The molecule has 0 atom stereocenters. The quantitative estimate of drug-likeness (QED) is 0.127. The molecule has 0 bridgehead atoms. The Kier molecular flexibility index (Phi) is 11.5. The van der Waals surface area contributed by atoms with E-state index < -0.39 is 13.3 Å². The Morgan fingerprint density at radius 3 is 2.28 bits per heavy atom. The van der Waals surface area contributed by atoms with Gasteiger partial charge in [-0.05, 0) is 63.0 Å². The van der Waals surface area contributed by atoms with E-state index >= 15 is 0 Å². The van der Waals surface area contributed by atoms with Gasteiger partial charge in [-0.25, -0.2) is 4.39 Å². The van der Waals surface area contributed by atoms with E-state index in [1.54, 1.807) is 23.5 Å². The van der Waals surface area contributed by atoms with Gasteiger partial charge in [0.15, 0.2) is 0 Å². The first-order valence-corrected chi connectivity index (χ1v) is 25.9. The van der Waals surface area contributed by atoms with E-state index in [-0.39, 0.29) is 31.3 Å². The number of benzene rings is 5. The number of thiophene rings is 1. The molecule has 0 aliphatic heterocycles. The molecular formula is C47H43FGeIrN2S-2. The second kappa shape index (κ2) is 15.8. The van der Waals surface area contributed by atoms with E-state index in [4.69, 9.17) is 4.98 Å². The Labute approximate surface area is 333 Å². The SMILES string of the molecule is CC(C)(C)Cc1ccnc(-c2[c-]cc3sc4cc(-c5cccc(F)c5)ccc4c3c2)c1.Cc1cc(-c2[c-]ccc3ccccc23)nc[c]1[Ge]([CH3])([CH3])[CH3].[Ir]. The summed E-state index contributed by atoms with van der Waals surface area (Å²) in [6.45, 7) is 8.96. The number of rotatable bonds is 5. The van der Waals surface area contributed by atoms with E-state index in [0.29, 0.717) is 0 Å². The molecule has 3 aromatic heterocycles. The molecule has 5 aromatic carbocycles. The Morgan fingerprint density at radius 1 is 0.736 bits per heavy atom. The Balaban J connectivity index is 0.000000191. The zero-order valence-electron chi connectivity index (χ0n) is 31.3. The minimum Gasteiger partial charge on any atom is 0 e. The van der Waals surface area contributed by atoms with Crippen LogP contribution in [-0.4, -0.2) is 23.2 Å². The van der Waals surface area contributed by atoms with E-state index in [1.165, 1.54) is 52.5 Å². The maximum Gasteiger partial charge on any atom is 0 e. The van der Waals surface area contributed by atoms with Gasteiger partial charge in [-0.2, -0.15) is 11.3 Å². The molecule has 1 radical (unpaired) electrons. The first kappa shape index (κ1) is 38.7. The van der Waals surface area contributed by atoms with Crippen molar-refractivity contribution in [2.75, 3.05) is 0 Å². The number of pyridine rings is 2. The fourth-order valence-electron chi connectivity index (χ4n) is 6.91. The summed E-state index contributed by atoms with van der Waals surface area (Å²) >= 11 is -0.0919. The summed E-state index contributed by atoms with van der Waals surface area (Å²) in [5.74, 6) is 7.02. The van der Waals surface area contributed by atoms with Gasteiger partial charge in [0.25, 0.3) is 0 Å². The van der Waals surface area contributed by atoms with Crippen LogP contribution in [0.25, 0.3) is 64.6 Å². The fraction of sp³-hybridized carbons (Fsp3) is 0.191. The van der Waals surface area contributed by atoms with Gasteiger partial charge >= 0.3 is 129 Å². The molecule has 0 unspecified atom stereocenters. The Bertz CT molecular complexity index is 2560. The molecule has 0 saturated heterocycles. The van der Waals surface area contributed by atoms with Crippen molar-refractivity contribution in [3.8, 4) is 33.6 Å². The monoisotopic (exact) mass is 953 g/mol. The van der Waals surface area contributed by atoms with Crippen molar-refractivity contribution in [1.29, 1.82) is 0 Å². The van der Waals surface area contributed by atoms with Crippen LogP contribution < -0.4 is 4.40 Å². The van der Waals surface area contributed by atoms with Crippen LogP contribution in [0.15, 0.2) is 122 Å². The van der Waals surface area contributed by atoms with Gasteiger partial charge in [0.05, 0.1) is 0 Å². The third-order valence-electron chi connectivity index (χ3n) is 9.29. The van der Waals surface area contributed by atoms with Crippen LogP contribution in [-0.2, 0) is 26.5 Å². The average molecular weight is 952 g/mol. The first-order valence-electron chi connectivity index (χ1n) is 17.8. The van der Waals surface area contributed by atoms with Crippen LogP contribution in [0.4, 0.5) is 4.39 Å². The summed E-state index contributed by atoms with van der Waals surface area (Å²) in [7, 11) is 0. The van der Waals surface area contributed by atoms with Crippen molar-refractivity contribution in [1.82, 2.24) is 9.97 Å². The molecular weight excluding hydrogens is 908 g/mol. The largest absolute Gasteiger partial charge is 0 e. The van der Waals surface area contributed by atoms with Crippen LogP contribution in [0.5, 0.6) is 0 Å². The predicted octanol–water partition coefficient (Wildman–Crippen LogP) is 12.9. The Morgan fingerprint density at radius 2 is 1.53 bits per heavy atom. The molecule has 3 heterocycles. The van der Waals surface area contributed by atoms with Gasteiger partial charge in [0, 0.05) is 31.0 Å². The van der Waals surface area contributed by atoms with Crippen LogP contribution in [0.1, 0.15) is 31.9 Å². The van der Waals surface area contributed by atoms with Crippen molar-refractivity contribution in [2.24, 2.45) is 5.41 Å². The Hall–Kier alpha value is -4.00. The number of hydrogen-bond donors (Lipinski definition) is 0.